The Morgan fingerprint density at radius 3 is 2.73 bits per heavy atom. The van der Waals surface area contributed by atoms with Gasteiger partial charge in [-0.15, -0.1) is 23.7 Å². The first-order chi connectivity index (χ1) is 15.1. The number of rotatable bonds is 6. The number of ether oxygens (including phenoxy) is 1. The van der Waals surface area contributed by atoms with Crippen LogP contribution in [0.2, 0.25) is 0 Å². The van der Waals surface area contributed by atoms with E-state index in [0.29, 0.717) is 26.9 Å². The fraction of sp³-hybridized carbons (Fsp3) is 0.455. The second-order valence-electron chi connectivity index (χ2n) is 8.79. The Balaban J connectivity index is 0.00000385. The van der Waals surface area contributed by atoms with E-state index in [9.17, 15) is 14.4 Å². The van der Waals surface area contributed by atoms with E-state index in [1.807, 2.05) is 20.8 Å². The van der Waals surface area contributed by atoms with Crippen LogP contribution in [0.3, 0.4) is 0 Å². The Morgan fingerprint density at radius 1 is 1.33 bits per heavy atom. The van der Waals surface area contributed by atoms with E-state index in [-0.39, 0.29) is 42.5 Å². The molecule has 180 valence electrons. The van der Waals surface area contributed by atoms with Gasteiger partial charge < -0.3 is 15.4 Å². The summed E-state index contributed by atoms with van der Waals surface area (Å²) in [6, 6.07) is 4.65. The van der Waals surface area contributed by atoms with E-state index < -0.39 is 5.91 Å². The first-order valence-electron chi connectivity index (χ1n) is 10.3. The van der Waals surface area contributed by atoms with E-state index in [1.54, 1.807) is 34.3 Å². The quantitative estimate of drug-likeness (QED) is 0.519. The van der Waals surface area contributed by atoms with E-state index in [2.05, 4.69) is 31.6 Å². The van der Waals surface area contributed by atoms with Gasteiger partial charge in [-0.25, -0.2) is 0 Å². The maximum Gasteiger partial charge on any atom is 0.324 e. The number of hydrogen-bond acceptors (Lipinski definition) is 6. The lowest BCUT2D eigenvalue weighted by Crippen LogP contribution is -2.33. The maximum absolute atomic E-state index is 12.7. The minimum absolute atomic E-state index is 0. The summed E-state index contributed by atoms with van der Waals surface area (Å²) >= 11 is 4.69. The largest absolute Gasteiger partial charge is 0.443 e. The number of anilines is 1. The number of carbonyl (C=O) groups is 3. The molecule has 1 atom stereocenters. The molecule has 2 aromatic rings. The summed E-state index contributed by atoms with van der Waals surface area (Å²) in [5.41, 5.74) is 0.843. The molecule has 0 radical (unpaired) electrons. The number of aromatic nitrogens is 1. The number of nitrogens with zero attached hydrogens (tertiary/aromatic N) is 2. The highest BCUT2D eigenvalue weighted by molar-refractivity contribution is 9.10. The summed E-state index contributed by atoms with van der Waals surface area (Å²) in [7, 11) is 0. The van der Waals surface area contributed by atoms with Crippen molar-refractivity contribution in [3.05, 3.63) is 44.6 Å². The van der Waals surface area contributed by atoms with Gasteiger partial charge in [-0.1, -0.05) is 20.8 Å². The first kappa shape index (κ1) is 27.2. The zero-order valence-electron chi connectivity index (χ0n) is 18.7. The molecule has 1 saturated heterocycles. The van der Waals surface area contributed by atoms with Crippen LogP contribution in [0.5, 0.6) is 0 Å². The predicted molar refractivity (Wildman–Crippen MR) is 133 cm³/mol. The zero-order valence-corrected chi connectivity index (χ0v) is 21.9. The van der Waals surface area contributed by atoms with Gasteiger partial charge in [0.1, 0.15) is 6.04 Å². The van der Waals surface area contributed by atoms with Gasteiger partial charge in [-0.05, 0) is 58.9 Å². The third-order valence-electron chi connectivity index (χ3n) is 4.73. The number of esters is 1. The molecule has 1 aliphatic rings. The Bertz CT molecular complexity index is 1070. The number of thiazole rings is 1. The van der Waals surface area contributed by atoms with Crippen molar-refractivity contribution >= 4 is 63.1 Å². The molecule has 11 heteroatoms. The Morgan fingerprint density at radius 2 is 2.09 bits per heavy atom. The van der Waals surface area contributed by atoms with Gasteiger partial charge >= 0.3 is 5.97 Å². The number of nitrogens with one attached hydrogen (secondary N) is 2. The highest BCUT2D eigenvalue weighted by Crippen LogP contribution is 2.26. The molecule has 1 aromatic heterocycles. The summed E-state index contributed by atoms with van der Waals surface area (Å²) in [5, 5.41) is 7.73. The fourth-order valence-corrected chi connectivity index (χ4v) is 4.37. The van der Waals surface area contributed by atoms with Crippen molar-refractivity contribution in [3.8, 4) is 0 Å². The van der Waals surface area contributed by atoms with Crippen molar-refractivity contribution in [3.63, 3.8) is 0 Å². The van der Waals surface area contributed by atoms with Gasteiger partial charge in [0, 0.05) is 28.0 Å². The van der Waals surface area contributed by atoms with E-state index in [1.165, 1.54) is 11.3 Å². The number of halogens is 2. The van der Waals surface area contributed by atoms with Crippen molar-refractivity contribution in [2.24, 2.45) is 10.4 Å². The molecule has 1 fully saturated rings. The van der Waals surface area contributed by atoms with Crippen molar-refractivity contribution in [2.45, 2.75) is 52.8 Å². The minimum Gasteiger partial charge on any atom is -0.443 e. The molecular formula is C22H28BrClN4O4S. The van der Waals surface area contributed by atoms with Gasteiger partial charge in [-0.3, -0.25) is 19.0 Å². The lowest BCUT2D eigenvalue weighted by molar-refractivity contribution is -0.149. The SMILES string of the molecule is CC(C)(C)CC(=O)Nc1ccc(C(=O)N=c2sccn2COC(=O)[C@@H]2CCCN2)cc1Br.Cl. The Hall–Kier alpha value is -2.01. The Labute approximate surface area is 211 Å². The highest BCUT2D eigenvalue weighted by atomic mass is 79.9. The van der Waals surface area contributed by atoms with E-state index >= 15 is 0 Å². The van der Waals surface area contributed by atoms with Gasteiger partial charge in [0.25, 0.3) is 5.91 Å². The Kier molecular flexibility index (Phi) is 9.84. The molecular weight excluding hydrogens is 532 g/mol. The second kappa shape index (κ2) is 11.9. The maximum atomic E-state index is 12.7. The number of carbonyl (C=O) groups excluding carboxylic acids is 3. The normalized spacial score (nSPS) is 16.2. The third kappa shape index (κ3) is 8.06. The van der Waals surface area contributed by atoms with Crippen LogP contribution in [-0.2, 0) is 21.1 Å². The van der Waals surface area contributed by atoms with E-state index in [0.717, 1.165) is 19.4 Å². The van der Waals surface area contributed by atoms with Crippen LogP contribution in [0.25, 0.3) is 0 Å². The molecule has 1 aliphatic heterocycles. The molecule has 2 heterocycles. The second-order valence-corrected chi connectivity index (χ2v) is 10.5. The first-order valence-corrected chi connectivity index (χ1v) is 12.0. The summed E-state index contributed by atoms with van der Waals surface area (Å²) < 4.78 is 7.57. The van der Waals surface area contributed by atoms with Gasteiger partial charge in [0.2, 0.25) is 5.91 Å². The monoisotopic (exact) mass is 558 g/mol. The van der Waals surface area contributed by atoms with Crippen LogP contribution in [-0.4, -0.2) is 34.9 Å². The van der Waals surface area contributed by atoms with Crippen molar-refractivity contribution in [1.29, 1.82) is 0 Å². The summed E-state index contributed by atoms with van der Waals surface area (Å²) in [6.45, 7) is 6.79. The number of amides is 2. The van der Waals surface area contributed by atoms with Gasteiger partial charge in [0.05, 0.1) is 5.69 Å². The molecule has 2 N–H and O–H groups in total. The van der Waals surface area contributed by atoms with E-state index in [4.69, 9.17) is 4.74 Å². The molecule has 33 heavy (non-hydrogen) atoms. The average Bonchev–Trinajstić information content (AvgIpc) is 3.38. The summed E-state index contributed by atoms with van der Waals surface area (Å²) in [5.74, 6) is -0.825. The number of hydrogen-bond donors (Lipinski definition) is 2. The molecule has 3 rings (SSSR count). The predicted octanol–water partition coefficient (Wildman–Crippen LogP) is 4.10. The van der Waals surface area contributed by atoms with Gasteiger partial charge in [0.15, 0.2) is 11.5 Å². The fourth-order valence-electron chi connectivity index (χ4n) is 3.18. The minimum atomic E-state index is -0.432. The van der Waals surface area contributed by atoms with Crippen LogP contribution in [0.1, 0.15) is 50.4 Å². The number of benzene rings is 1. The standard InChI is InChI=1S/C22H27BrN4O4S.ClH/c1-22(2,3)12-18(28)25-16-7-6-14(11-15(16)23)19(29)26-21-27(9-10-32-21)13-31-20(30)17-5-4-8-24-17;/h6-7,9-11,17,24H,4-5,8,12-13H2,1-3H3,(H,25,28);1H/t17-;/m0./s1. The molecule has 0 spiro atoms. The summed E-state index contributed by atoms with van der Waals surface area (Å²) in [6.07, 6.45) is 3.82. The smallest absolute Gasteiger partial charge is 0.324 e. The highest BCUT2D eigenvalue weighted by Gasteiger charge is 2.23. The van der Waals surface area contributed by atoms with Crippen molar-refractivity contribution < 1.29 is 19.1 Å². The van der Waals surface area contributed by atoms with Crippen LogP contribution >= 0.6 is 39.7 Å². The topological polar surface area (TPSA) is 102 Å². The van der Waals surface area contributed by atoms with Crippen LogP contribution in [0.4, 0.5) is 5.69 Å². The molecule has 2 amide bonds. The summed E-state index contributed by atoms with van der Waals surface area (Å²) in [4.78, 5) is 41.6. The van der Waals surface area contributed by atoms with Gasteiger partial charge in [-0.2, -0.15) is 4.99 Å². The lowest BCUT2D eigenvalue weighted by Gasteiger charge is -2.17. The van der Waals surface area contributed by atoms with Crippen LogP contribution < -0.4 is 15.4 Å². The molecule has 0 bridgehead atoms. The average molecular weight is 560 g/mol. The molecule has 1 aromatic carbocycles. The van der Waals surface area contributed by atoms with Crippen molar-refractivity contribution in [1.82, 2.24) is 9.88 Å². The van der Waals surface area contributed by atoms with Crippen molar-refractivity contribution in [2.75, 3.05) is 11.9 Å². The molecule has 0 aliphatic carbocycles. The molecule has 0 saturated carbocycles. The van der Waals surface area contributed by atoms with Crippen LogP contribution in [0, 0.1) is 5.41 Å². The van der Waals surface area contributed by atoms with Crippen LogP contribution in [0.15, 0.2) is 39.2 Å². The lowest BCUT2D eigenvalue weighted by atomic mass is 9.92. The molecule has 0 unspecified atom stereocenters. The zero-order chi connectivity index (χ0) is 23.3. The molecule has 8 nitrogen and oxygen atoms in total. The third-order valence-corrected chi connectivity index (χ3v) is 6.18.